The molecule has 2 aromatic rings. The van der Waals surface area contributed by atoms with Crippen LogP contribution in [0.2, 0.25) is 0 Å². The molecule has 1 N–H and O–H groups in total. The molecular weight excluding hydrogens is 390 g/mol. The van der Waals surface area contributed by atoms with Crippen molar-refractivity contribution in [3.8, 4) is 0 Å². The van der Waals surface area contributed by atoms with Crippen molar-refractivity contribution in [1.82, 2.24) is 15.0 Å². The maximum absolute atomic E-state index is 11.9. The molecule has 0 amide bonds. The van der Waals surface area contributed by atoms with Crippen LogP contribution < -0.4 is 14.7 Å². The van der Waals surface area contributed by atoms with Crippen LogP contribution in [0.1, 0.15) is 12.8 Å². The molecule has 0 aromatic carbocycles. The highest BCUT2D eigenvalue weighted by molar-refractivity contribution is 5.73. The van der Waals surface area contributed by atoms with Gasteiger partial charge in [-0.25, -0.2) is 15.0 Å². The van der Waals surface area contributed by atoms with Crippen molar-refractivity contribution in [3.05, 3.63) is 40.8 Å². The maximum Gasteiger partial charge on any atom is 0.353 e. The van der Waals surface area contributed by atoms with E-state index in [1.165, 1.54) is 6.33 Å². The van der Waals surface area contributed by atoms with Gasteiger partial charge < -0.3 is 19.8 Å². The molecule has 0 bridgehead atoms. The Balaban J connectivity index is 1.53. The highest BCUT2D eigenvalue weighted by Crippen LogP contribution is 2.36. The molecule has 158 valence electrons. The molecule has 0 atom stereocenters. The van der Waals surface area contributed by atoms with Crippen molar-refractivity contribution in [1.29, 1.82) is 0 Å². The first-order valence-electron chi connectivity index (χ1n) is 9.92. The van der Waals surface area contributed by atoms with Crippen LogP contribution in [0.4, 0.5) is 23.1 Å². The van der Waals surface area contributed by atoms with Gasteiger partial charge in [0.1, 0.15) is 12.1 Å². The first kappa shape index (κ1) is 19.8. The summed E-state index contributed by atoms with van der Waals surface area (Å²) in [6.45, 7) is 3.35. The lowest BCUT2D eigenvalue weighted by molar-refractivity contribution is -0.383. The van der Waals surface area contributed by atoms with E-state index in [4.69, 9.17) is 0 Å². The van der Waals surface area contributed by atoms with Gasteiger partial charge in [-0.3, -0.25) is 14.9 Å². The summed E-state index contributed by atoms with van der Waals surface area (Å²) in [7, 11) is 0. The third kappa shape index (κ3) is 3.95. The molecule has 2 aliphatic rings. The molecule has 11 heteroatoms. The number of rotatable bonds is 5. The lowest BCUT2D eigenvalue weighted by Gasteiger charge is -2.36. The Labute approximate surface area is 173 Å². The Hall–Kier alpha value is -3.50. The SMILES string of the molecule is O=C(O)C1CCN(c2ncnc(N3CCN(c4ccccn4)CC3)c2[N+](=O)[O-])CC1. The molecule has 0 aliphatic carbocycles. The normalized spacial score (nSPS) is 17.8. The van der Waals surface area contributed by atoms with Crippen LogP contribution >= 0.6 is 0 Å². The molecule has 2 aliphatic heterocycles. The fourth-order valence-electron chi connectivity index (χ4n) is 4.01. The van der Waals surface area contributed by atoms with Crippen molar-refractivity contribution in [2.75, 3.05) is 54.0 Å². The summed E-state index contributed by atoms with van der Waals surface area (Å²) in [5.41, 5.74) is -0.113. The van der Waals surface area contributed by atoms with Crippen LogP contribution in [0.25, 0.3) is 0 Å². The largest absolute Gasteiger partial charge is 0.481 e. The number of nitro groups is 1. The first-order chi connectivity index (χ1) is 14.5. The summed E-state index contributed by atoms with van der Waals surface area (Å²) in [5, 5.41) is 21.1. The van der Waals surface area contributed by atoms with E-state index in [0.717, 1.165) is 5.82 Å². The van der Waals surface area contributed by atoms with Gasteiger partial charge >= 0.3 is 11.7 Å². The average molecular weight is 413 g/mol. The van der Waals surface area contributed by atoms with Gasteiger partial charge in [0, 0.05) is 45.5 Å². The fraction of sp³-hybridized carbons (Fsp3) is 0.474. The second kappa shape index (κ2) is 8.47. The summed E-state index contributed by atoms with van der Waals surface area (Å²) < 4.78 is 0. The minimum absolute atomic E-state index is 0.113. The molecule has 2 saturated heterocycles. The molecule has 0 saturated carbocycles. The van der Waals surface area contributed by atoms with Crippen molar-refractivity contribution >= 4 is 29.1 Å². The number of hydrogen-bond acceptors (Lipinski definition) is 9. The van der Waals surface area contributed by atoms with Crippen LogP contribution in [-0.2, 0) is 4.79 Å². The Bertz CT molecular complexity index is 910. The van der Waals surface area contributed by atoms with Crippen molar-refractivity contribution in [2.24, 2.45) is 5.92 Å². The number of piperazine rings is 1. The number of carbonyl (C=O) groups is 1. The van der Waals surface area contributed by atoms with Crippen molar-refractivity contribution in [2.45, 2.75) is 12.8 Å². The number of nitrogens with zero attached hydrogens (tertiary/aromatic N) is 7. The zero-order valence-corrected chi connectivity index (χ0v) is 16.4. The third-order valence-corrected chi connectivity index (χ3v) is 5.66. The zero-order chi connectivity index (χ0) is 21.1. The number of pyridine rings is 1. The summed E-state index contributed by atoms with van der Waals surface area (Å²) in [6.07, 6.45) is 3.98. The van der Waals surface area contributed by atoms with Gasteiger partial charge in [-0.05, 0) is 25.0 Å². The standard InChI is InChI=1S/C19H23N7O4/c27-19(28)14-4-7-24(8-5-14)17-16(26(29)30)18(22-13-21-17)25-11-9-23(10-12-25)15-3-1-2-6-20-15/h1-3,6,13-14H,4-5,7-12H2,(H,27,28). The van der Waals surface area contributed by atoms with Crippen molar-refractivity contribution < 1.29 is 14.8 Å². The summed E-state index contributed by atoms with van der Waals surface area (Å²) in [5.74, 6) is 0.225. The van der Waals surface area contributed by atoms with E-state index >= 15 is 0 Å². The summed E-state index contributed by atoms with van der Waals surface area (Å²) in [6, 6.07) is 5.75. The Kier molecular flexibility index (Phi) is 5.59. The van der Waals surface area contributed by atoms with E-state index in [0.29, 0.717) is 57.9 Å². The molecule has 2 fully saturated rings. The van der Waals surface area contributed by atoms with Crippen LogP contribution in [0.5, 0.6) is 0 Å². The van der Waals surface area contributed by atoms with Gasteiger partial charge in [0.05, 0.1) is 10.8 Å². The van der Waals surface area contributed by atoms with E-state index in [-0.39, 0.29) is 11.5 Å². The van der Waals surface area contributed by atoms with Gasteiger partial charge in [-0.1, -0.05) is 6.07 Å². The molecule has 0 unspecified atom stereocenters. The molecule has 30 heavy (non-hydrogen) atoms. The molecule has 4 heterocycles. The predicted octanol–water partition coefficient (Wildman–Crippen LogP) is 1.41. The molecule has 0 spiro atoms. The second-order valence-corrected chi connectivity index (χ2v) is 7.39. The number of hydrogen-bond donors (Lipinski definition) is 1. The fourth-order valence-corrected chi connectivity index (χ4v) is 4.01. The number of aliphatic carboxylic acids is 1. The highest BCUT2D eigenvalue weighted by atomic mass is 16.6. The van der Waals surface area contributed by atoms with Gasteiger partial charge in [0.25, 0.3) is 0 Å². The van der Waals surface area contributed by atoms with Crippen LogP contribution in [0.3, 0.4) is 0 Å². The monoisotopic (exact) mass is 413 g/mol. The lowest BCUT2D eigenvalue weighted by atomic mass is 9.97. The maximum atomic E-state index is 11.9. The smallest absolute Gasteiger partial charge is 0.353 e. The van der Waals surface area contributed by atoms with Crippen LogP contribution in [0.15, 0.2) is 30.7 Å². The molecule has 0 radical (unpaired) electrons. The molecule has 4 rings (SSSR count). The van der Waals surface area contributed by atoms with Gasteiger partial charge in [0.15, 0.2) is 0 Å². The van der Waals surface area contributed by atoms with E-state index in [1.807, 2.05) is 23.1 Å². The van der Waals surface area contributed by atoms with Crippen molar-refractivity contribution in [3.63, 3.8) is 0 Å². The number of aromatic nitrogens is 3. The van der Waals surface area contributed by atoms with Gasteiger partial charge in [0.2, 0.25) is 11.6 Å². The minimum Gasteiger partial charge on any atom is -0.481 e. The summed E-state index contributed by atoms with van der Waals surface area (Å²) in [4.78, 5) is 41.3. The quantitative estimate of drug-likeness (QED) is 0.567. The zero-order valence-electron chi connectivity index (χ0n) is 16.4. The average Bonchev–Trinajstić information content (AvgIpc) is 2.79. The topological polar surface area (TPSA) is 129 Å². The highest BCUT2D eigenvalue weighted by Gasteiger charge is 2.34. The number of anilines is 3. The Morgan fingerprint density at radius 2 is 1.57 bits per heavy atom. The second-order valence-electron chi connectivity index (χ2n) is 7.39. The Morgan fingerprint density at radius 1 is 0.967 bits per heavy atom. The molecule has 11 nitrogen and oxygen atoms in total. The van der Waals surface area contributed by atoms with E-state index in [1.54, 1.807) is 11.1 Å². The van der Waals surface area contributed by atoms with Gasteiger partial charge in [-0.15, -0.1) is 0 Å². The van der Waals surface area contributed by atoms with E-state index in [9.17, 15) is 20.0 Å². The summed E-state index contributed by atoms with van der Waals surface area (Å²) >= 11 is 0. The Morgan fingerprint density at radius 3 is 2.10 bits per heavy atom. The number of carboxylic acids is 1. The van der Waals surface area contributed by atoms with Gasteiger partial charge in [-0.2, -0.15) is 0 Å². The van der Waals surface area contributed by atoms with Crippen LogP contribution in [0, 0.1) is 16.0 Å². The van der Waals surface area contributed by atoms with E-state index in [2.05, 4.69) is 19.9 Å². The number of carboxylic acid groups (broad SMARTS) is 1. The predicted molar refractivity (Wildman–Crippen MR) is 110 cm³/mol. The molecular formula is C19H23N7O4. The first-order valence-corrected chi connectivity index (χ1v) is 9.92. The third-order valence-electron chi connectivity index (χ3n) is 5.66. The minimum atomic E-state index is -0.821. The molecule has 2 aromatic heterocycles. The lowest BCUT2D eigenvalue weighted by Crippen LogP contribution is -2.47. The van der Waals surface area contributed by atoms with E-state index < -0.39 is 16.8 Å². The number of piperidine rings is 1. The van der Waals surface area contributed by atoms with Crippen LogP contribution in [-0.4, -0.2) is 70.2 Å².